The smallest absolute Gasteiger partial charge is 0.270 e. The van der Waals surface area contributed by atoms with Gasteiger partial charge in [-0.25, -0.2) is 4.98 Å². The van der Waals surface area contributed by atoms with Gasteiger partial charge in [-0.3, -0.25) is 4.79 Å². The number of nitrogens with zero attached hydrogens (tertiary/aromatic N) is 1. The molecule has 2 unspecified atom stereocenters. The van der Waals surface area contributed by atoms with E-state index in [1.165, 1.54) is 25.5 Å². The van der Waals surface area contributed by atoms with Crippen molar-refractivity contribution >= 4 is 33.4 Å². The van der Waals surface area contributed by atoms with Gasteiger partial charge in [-0.1, -0.05) is 40.4 Å². The molecular weight excluding hydrogens is 316 g/mol. The van der Waals surface area contributed by atoms with E-state index in [2.05, 4.69) is 26.2 Å². The van der Waals surface area contributed by atoms with Crippen LogP contribution in [0.5, 0.6) is 0 Å². The minimum absolute atomic E-state index is 0.107. The van der Waals surface area contributed by atoms with E-state index in [1.54, 1.807) is 12.1 Å². The van der Waals surface area contributed by atoms with Gasteiger partial charge in [-0.2, -0.15) is 0 Å². The minimum atomic E-state index is -0.107. The third-order valence-electron chi connectivity index (χ3n) is 3.38. The number of hydrogen-bond acceptors (Lipinski definition) is 2. The zero-order valence-electron chi connectivity index (χ0n) is 10.0. The second-order valence-electron chi connectivity index (χ2n) is 4.64. The molecule has 1 amide bonds. The van der Waals surface area contributed by atoms with E-state index in [9.17, 15) is 4.79 Å². The summed E-state index contributed by atoms with van der Waals surface area (Å²) in [5.74, 6) is 0.416. The molecule has 1 aromatic heterocycles. The highest BCUT2D eigenvalue weighted by Crippen LogP contribution is 2.26. The lowest BCUT2D eigenvalue weighted by Gasteiger charge is -2.30. The lowest BCUT2D eigenvalue weighted by molar-refractivity contribution is 0.0906. The Morgan fingerprint density at radius 2 is 2.22 bits per heavy atom. The third-order valence-corrected chi connectivity index (χ3v) is 4.44. The van der Waals surface area contributed by atoms with Crippen LogP contribution < -0.4 is 5.32 Å². The first-order chi connectivity index (χ1) is 8.70. The van der Waals surface area contributed by atoms with E-state index < -0.39 is 0 Å². The van der Waals surface area contributed by atoms with E-state index in [4.69, 9.17) is 11.6 Å². The first-order valence-corrected chi connectivity index (χ1v) is 7.69. The molecule has 0 radical (unpaired) electrons. The molecule has 1 fully saturated rings. The second-order valence-corrected chi connectivity index (χ2v) is 5.72. The molecule has 18 heavy (non-hydrogen) atoms. The lowest BCUT2D eigenvalue weighted by Crippen LogP contribution is -2.43. The largest absolute Gasteiger partial charge is 0.348 e. The predicted octanol–water partition coefficient (Wildman–Crippen LogP) is 3.42. The van der Waals surface area contributed by atoms with Crippen LogP contribution >= 0.6 is 27.5 Å². The van der Waals surface area contributed by atoms with Gasteiger partial charge in [-0.05, 0) is 30.9 Å². The number of halogens is 2. The molecule has 0 saturated heterocycles. The second kappa shape index (κ2) is 6.53. The normalized spacial score (nSPS) is 23.7. The highest BCUT2D eigenvalue weighted by atomic mass is 79.9. The van der Waals surface area contributed by atoms with Gasteiger partial charge in [0.05, 0.1) is 5.02 Å². The van der Waals surface area contributed by atoms with Gasteiger partial charge in [0, 0.05) is 17.6 Å². The summed E-state index contributed by atoms with van der Waals surface area (Å²) in [6.07, 6.45) is 6.16. The van der Waals surface area contributed by atoms with Crippen molar-refractivity contribution in [3.63, 3.8) is 0 Å². The topological polar surface area (TPSA) is 42.0 Å². The van der Waals surface area contributed by atoms with Crippen LogP contribution in [-0.4, -0.2) is 22.3 Å². The highest BCUT2D eigenvalue weighted by Gasteiger charge is 2.26. The van der Waals surface area contributed by atoms with E-state index >= 15 is 0 Å². The van der Waals surface area contributed by atoms with Crippen molar-refractivity contribution in [3.05, 3.63) is 29.0 Å². The molecule has 98 valence electrons. The number of alkyl halides is 1. The molecule has 2 atom stereocenters. The third kappa shape index (κ3) is 3.45. The number of nitrogens with one attached hydrogen (secondary N) is 1. The van der Waals surface area contributed by atoms with Crippen LogP contribution in [0.1, 0.15) is 36.2 Å². The van der Waals surface area contributed by atoms with Gasteiger partial charge in [0.15, 0.2) is 0 Å². The summed E-state index contributed by atoms with van der Waals surface area (Å²) in [5, 5.41) is 4.56. The number of carbonyl (C=O) groups is 1. The molecule has 3 nitrogen and oxygen atoms in total. The average molecular weight is 332 g/mol. The van der Waals surface area contributed by atoms with Gasteiger partial charge in [0.25, 0.3) is 5.91 Å². The number of pyridine rings is 1. The molecule has 0 aromatic carbocycles. The molecular formula is C13H16BrClN2O. The van der Waals surface area contributed by atoms with Crippen LogP contribution in [0.2, 0.25) is 5.02 Å². The average Bonchev–Trinajstić information content (AvgIpc) is 2.40. The van der Waals surface area contributed by atoms with E-state index in [0.29, 0.717) is 16.6 Å². The molecule has 1 aliphatic rings. The SMILES string of the molecule is O=C(NC1CCCCC1CBr)c1ccc(Cl)cn1. The van der Waals surface area contributed by atoms with Gasteiger partial charge < -0.3 is 5.32 Å². The van der Waals surface area contributed by atoms with Crippen molar-refractivity contribution < 1.29 is 4.79 Å². The van der Waals surface area contributed by atoms with Crippen molar-refractivity contribution in [2.75, 3.05) is 5.33 Å². The fourth-order valence-corrected chi connectivity index (χ4v) is 3.22. The molecule has 0 bridgehead atoms. The van der Waals surface area contributed by atoms with Crippen LogP contribution in [-0.2, 0) is 0 Å². The molecule has 2 rings (SSSR count). The van der Waals surface area contributed by atoms with Crippen LogP contribution in [0.25, 0.3) is 0 Å². The predicted molar refractivity (Wildman–Crippen MR) is 76.3 cm³/mol. The molecule has 1 aliphatic carbocycles. The molecule has 0 spiro atoms. The summed E-state index contributed by atoms with van der Waals surface area (Å²) < 4.78 is 0. The first kappa shape index (κ1) is 13.8. The Morgan fingerprint density at radius 3 is 2.89 bits per heavy atom. The Morgan fingerprint density at radius 1 is 1.44 bits per heavy atom. The maximum Gasteiger partial charge on any atom is 0.270 e. The quantitative estimate of drug-likeness (QED) is 0.862. The van der Waals surface area contributed by atoms with E-state index in [1.807, 2.05) is 0 Å². The van der Waals surface area contributed by atoms with Crippen LogP contribution in [0.15, 0.2) is 18.3 Å². The number of aromatic nitrogens is 1. The molecule has 1 heterocycles. The van der Waals surface area contributed by atoms with E-state index in [-0.39, 0.29) is 11.9 Å². The zero-order chi connectivity index (χ0) is 13.0. The van der Waals surface area contributed by atoms with Crippen LogP contribution in [0.4, 0.5) is 0 Å². The molecule has 1 saturated carbocycles. The molecule has 1 aromatic rings. The number of amides is 1. The Bertz CT molecular complexity index is 410. The lowest BCUT2D eigenvalue weighted by atomic mass is 9.86. The van der Waals surface area contributed by atoms with E-state index in [0.717, 1.165) is 11.8 Å². The Kier molecular flexibility index (Phi) is 5.01. The molecule has 5 heteroatoms. The van der Waals surface area contributed by atoms with Gasteiger partial charge in [-0.15, -0.1) is 0 Å². The summed E-state index contributed by atoms with van der Waals surface area (Å²) in [4.78, 5) is 16.1. The van der Waals surface area contributed by atoms with Crippen LogP contribution in [0, 0.1) is 5.92 Å². The van der Waals surface area contributed by atoms with Gasteiger partial charge in [0.1, 0.15) is 5.69 Å². The number of rotatable bonds is 3. The van der Waals surface area contributed by atoms with Gasteiger partial charge in [0.2, 0.25) is 0 Å². The minimum Gasteiger partial charge on any atom is -0.348 e. The summed E-state index contributed by atoms with van der Waals surface area (Å²) >= 11 is 9.28. The molecule has 0 aliphatic heterocycles. The maximum atomic E-state index is 12.1. The van der Waals surface area contributed by atoms with Crippen molar-refractivity contribution in [1.29, 1.82) is 0 Å². The summed E-state index contributed by atoms with van der Waals surface area (Å²) in [7, 11) is 0. The standard InChI is InChI=1S/C13H16BrClN2O/c14-7-9-3-1-2-4-11(9)17-13(18)12-6-5-10(15)8-16-12/h5-6,8-9,11H,1-4,7H2,(H,17,18). The maximum absolute atomic E-state index is 12.1. The summed E-state index contributed by atoms with van der Waals surface area (Å²) in [6.45, 7) is 0. The van der Waals surface area contributed by atoms with Crippen LogP contribution in [0.3, 0.4) is 0 Å². The summed E-state index contributed by atoms with van der Waals surface area (Å²) in [5.41, 5.74) is 0.429. The van der Waals surface area contributed by atoms with Crippen molar-refractivity contribution in [2.45, 2.75) is 31.7 Å². The number of hydrogen-bond donors (Lipinski definition) is 1. The van der Waals surface area contributed by atoms with Crippen molar-refractivity contribution in [1.82, 2.24) is 10.3 Å². The zero-order valence-corrected chi connectivity index (χ0v) is 12.4. The Labute approximate surface area is 120 Å². The van der Waals surface area contributed by atoms with Crippen molar-refractivity contribution in [2.24, 2.45) is 5.92 Å². The number of carbonyl (C=O) groups excluding carboxylic acids is 1. The van der Waals surface area contributed by atoms with Gasteiger partial charge >= 0.3 is 0 Å². The highest BCUT2D eigenvalue weighted by molar-refractivity contribution is 9.09. The fourth-order valence-electron chi connectivity index (χ4n) is 2.33. The molecule has 1 N–H and O–H groups in total. The Balaban J connectivity index is 1.99. The van der Waals surface area contributed by atoms with Crippen molar-refractivity contribution in [3.8, 4) is 0 Å². The first-order valence-electron chi connectivity index (χ1n) is 6.19. The Hall–Kier alpha value is -0.610. The fraction of sp³-hybridized carbons (Fsp3) is 0.538. The summed E-state index contributed by atoms with van der Waals surface area (Å²) in [6, 6.07) is 3.60. The monoisotopic (exact) mass is 330 g/mol.